The fourth-order valence-corrected chi connectivity index (χ4v) is 2.96. The predicted molar refractivity (Wildman–Crippen MR) is 42.0 cm³/mol. The van der Waals surface area contributed by atoms with Gasteiger partial charge in [0.2, 0.25) is 5.76 Å². The molecule has 0 bridgehead atoms. The van der Waals surface area contributed by atoms with E-state index in [0.717, 1.165) is 0 Å². The molecule has 1 N–H and O–H groups in total. The Labute approximate surface area is 73.9 Å². The van der Waals surface area contributed by atoms with Gasteiger partial charge in [-0.1, -0.05) is 0 Å². The summed E-state index contributed by atoms with van der Waals surface area (Å²) in [6.45, 7) is 0. The number of aromatic carboxylic acids is 1. The SMILES string of the molecule is O=C(O)c1occ2c1CS(=O)(=O)C2. The number of fused-ring (bicyclic) bond motifs is 1. The van der Waals surface area contributed by atoms with E-state index in [1.165, 1.54) is 6.26 Å². The number of carbonyl (C=O) groups is 1. The Balaban J connectivity index is 2.55. The molecule has 1 aliphatic heterocycles. The van der Waals surface area contributed by atoms with Crippen LogP contribution in [0.5, 0.6) is 0 Å². The van der Waals surface area contributed by atoms with Crippen LogP contribution in [0.2, 0.25) is 0 Å². The van der Waals surface area contributed by atoms with Crippen LogP contribution in [0.25, 0.3) is 0 Å². The first-order chi connectivity index (χ1) is 5.99. The Morgan fingerprint density at radius 3 is 2.77 bits per heavy atom. The number of rotatable bonds is 1. The molecule has 0 unspecified atom stereocenters. The Morgan fingerprint density at radius 1 is 1.46 bits per heavy atom. The third kappa shape index (κ3) is 1.23. The van der Waals surface area contributed by atoms with Crippen molar-refractivity contribution in [2.24, 2.45) is 0 Å². The lowest BCUT2D eigenvalue weighted by Crippen LogP contribution is -2.01. The Morgan fingerprint density at radius 2 is 2.15 bits per heavy atom. The van der Waals surface area contributed by atoms with Gasteiger partial charge in [-0.25, -0.2) is 13.2 Å². The highest BCUT2D eigenvalue weighted by Crippen LogP contribution is 2.29. The Bertz CT molecular complexity index is 467. The molecule has 6 heteroatoms. The minimum absolute atomic E-state index is 0.112. The maximum atomic E-state index is 11.1. The Hall–Kier alpha value is -1.30. The zero-order valence-corrected chi connectivity index (χ0v) is 7.30. The van der Waals surface area contributed by atoms with E-state index in [1.54, 1.807) is 0 Å². The fraction of sp³-hybridized carbons (Fsp3) is 0.286. The molecule has 0 amide bonds. The molecule has 0 saturated carbocycles. The van der Waals surface area contributed by atoms with E-state index < -0.39 is 15.8 Å². The second-order valence-corrected chi connectivity index (χ2v) is 4.97. The van der Waals surface area contributed by atoms with Crippen LogP contribution in [0.15, 0.2) is 10.7 Å². The third-order valence-electron chi connectivity index (χ3n) is 1.91. The topological polar surface area (TPSA) is 84.6 Å². The highest BCUT2D eigenvalue weighted by molar-refractivity contribution is 7.90. The van der Waals surface area contributed by atoms with Gasteiger partial charge in [-0.2, -0.15) is 0 Å². The molecule has 0 aliphatic carbocycles. The van der Waals surface area contributed by atoms with Crippen LogP contribution in [0.1, 0.15) is 21.7 Å². The second-order valence-electron chi connectivity index (χ2n) is 2.91. The molecule has 5 nitrogen and oxygen atoms in total. The van der Waals surface area contributed by atoms with Crippen LogP contribution in [-0.2, 0) is 21.3 Å². The van der Waals surface area contributed by atoms with Crippen LogP contribution in [0.3, 0.4) is 0 Å². The van der Waals surface area contributed by atoms with Gasteiger partial charge in [0.05, 0.1) is 17.8 Å². The van der Waals surface area contributed by atoms with Gasteiger partial charge in [0, 0.05) is 11.1 Å². The molecule has 70 valence electrons. The van der Waals surface area contributed by atoms with Crippen LogP contribution < -0.4 is 0 Å². The second kappa shape index (κ2) is 2.35. The molecule has 13 heavy (non-hydrogen) atoms. The van der Waals surface area contributed by atoms with Gasteiger partial charge in [-0.05, 0) is 0 Å². The first-order valence-corrected chi connectivity index (χ1v) is 5.35. The van der Waals surface area contributed by atoms with Crippen molar-refractivity contribution in [3.63, 3.8) is 0 Å². The summed E-state index contributed by atoms with van der Waals surface area (Å²) in [4.78, 5) is 10.5. The van der Waals surface area contributed by atoms with Crippen LogP contribution in [0.4, 0.5) is 0 Å². The number of carboxylic acids is 1. The fourth-order valence-electron chi connectivity index (χ4n) is 1.38. The average molecular weight is 202 g/mol. The third-order valence-corrected chi connectivity index (χ3v) is 3.39. The van der Waals surface area contributed by atoms with Crippen molar-refractivity contribution in [2.75, 3.05) is 0 Å². The van der Waals surface area contributed by atoms with Crippen LogP contribution in [0, 0.1) is 0 Å². The molecule has 0 spiro atoms. The number of sulfone groups is 1. The zero-order chi connectivity index (χ0) is 9.64. The monoisotopic (exact) mass is 202 g/mol. The molecule has 1 aromatic heterocycles. The largest absolute Gasteiger partial charge is 0.475 e. The molecule has 2 heterocycles. The predicted octanol–water partition coefficient (Wildman–Crippen LogP) is 0.406. The van der Waals surface area contributed by atoms with Crippen molar-refractivity contribution in [1.29, 1.82) is 0 Å². The lowest BCUT2D eigenvalue weighted by atomic mass is 10.2. The first kappa shape index (κ1) is 8.31. The molecule has 2 rings (SSSR count). The van der Waals surface area contributed by atoms with Crippen molar-refractivity contribution < 1.29 is 22.7 Å². The van der Waals surface area contributed by atoms with E-state index >= 15 is 0 Å². The smallest absolute Gasteiger partial charge is 0.372 e. The van der Waals surface area contributed by atoms with E-state index in [9.17, 15) is 13.2 Å². The standard InChI is InChI=1S/C7H6O5S/c8-7(9)6-5-3-13(10,11)2-4(5)1-12-6/h1H,2-3H2,(H,8,9). The molecule has 0 atom stereocenters. The van der Waals surface area contributed by atoms with Gasteiger partial charge in [0.1, 0.15) is 0 Å². The van der Waals surface area contributed by atoms with Crippen molar-refractivity contribution in [2.45, 2.75) is 11.5 Å². The van der Waals surface area contributed by atoms with Crippen molar-refractivity contribution in [1.82, 2.24) is 0 Å². The van der Waals surface area contributed by atoms with Gasteiger partial charge in [-0.3, -0.25) is 0 Å². The number of hydrogen-bond donors (Lipinski definition) is 1. The van der Waals surface area contributed by atoms with Gasteiger partial charge >= 0.3 is 5.97 Å². The summed E-state index contributed by atoms with van der Waals surface area (Å²) >= 11 is 0. The van der Waals surface area contributed by atoms with Gasteiger partial charge in [-0.15, -0.1) is 0 Å². The van der Waals surface area contributed by atoms with E-state index in [0.29, 0.717) is 11.1 Å². The van der Waals surface area contributed by atoms with E-state index in [4.69, 9.17) is 9.52 Å². The van der Waals surface area contributed by atoms with E-state index in [2.05, 4.69) is 0 Å². The highest BCUT2D eigenvalue weighted by Gasteiger charge is 2.32. The normalized spacial score (nSPS) is 18.5. The number of hydrogen-bond acceptors (Lipinski definition) is 4. The summed E-state index contributed by atoms with van der Waals surface area (Å²) in [5.74, 6) is -1.81. The van der Waals surface area contributed by atoms with Crippen LogP contribution in [-0.4, -0.2) is 19.5 Å². The highest BCUT2D eigenvalue weighted by atomic mass is 32.2. The summed E-state index contributed by atoms with van der Waals surface area (Å²) in [6.07, 6.45) is 1.20. The van der Waals surface area contributed by atoms with Gasteiger partial charge in [0.25, 0.3) is 0 Å². The molecule has 0 aromatic carbocycles. The zero-order valence-electron chi connectivity index (χ0n) is 6.48. The molecule has 0 saturated heterocycles. The number of carboxylic acid groups (broad SMARTS) is 1. The molecule has 0 radical (unpaired) electrons. The van der Waals surface area contributed by atoms with Gasteiger partial charge in [0.15, 0.2) is 9.84 Å². The lowest BCUT2D eigenvalue weighted by molar-refractivity contribution is 0.0661. The van der Waals surface area contributed by atoms with Crippen molar-refractivity contribution in [3.8, 4) is 0 Å². The van der Waals surface area contributed by atoms with E-state index in [-0.39, 0.29) is 17.3 Å². The van der Waals surface area contributed by atoms with Gasteiger partial charge < -0.3 is 9.52 Å². The summed E-state index contributed by atoms with van der Waals surface area (Å²) in [7, 11) is -3.14. The summed E-state index contributed by atoms with van der Waals surface area (Å²) in [6, 6.07) is 0. The molecular formula is C7H6O5S. The minimum atomic E-state index is -3.14. The van der Waals surface area contributed by atoms with E-state index in [1.807, 2.05) is 0 Å². The maximum Gasteiger partial charge on any atom is 0.372 e. The maximum absolute atomic E-state index is 11.1. The molecular weight excluding hydrogens is 196 g/mol. The van der Waals surface area contributed by atoms with Crippen LogP contribution >= 0.6 is 0 Å². The quantitative estimate of drug-likeness (QED) is 0.712. The Kier molecular flexibility index (Phi) is 1.50. The number of furan rings is 1. The average Bonchev–Trinajstić information content (AvgIpc) is 2.41. The molecule has 0 fully saturated rings. The first-order valence-electron chi connectivity index (χ1n) is 3.52. The van der Waals surface area contributed by atoms with Crippen molar-refractivity contribution >= 4 is 15.8 Å². The molecule has 1 aliphatic rings. The summed E-state index contributed by atoms with van der Waals surface area (Å²) in [5.41, 5.74) is 0.768. The minimum Gasteiger partial charge on any atom is -0.475 e. The molecule has 1 aromatic rings. The lowest BCUT2D eigenvalue weighted by Gasteiger charge is -1.91. The summed E-state index contributed by atoms with van der Waals surface area (Å²) in [5, 5.41) is 8.62. The summed E-state index contributed by atoms with van der Waals surface area (Å²) < 4.78 is 26.9. The van der Waals surface area contributed by atoms with Crippen molar-refractivity contribution in [3.05, 3.63) is 23.2 Å².